The number of rotatable bonds is 9. The first-order chi connectivity index (χ1) is 8.86. The van der Waals surface area contributed by atoms with Crippen LogP contribution in [0.4, 0.5) is 0 Å². The lowest BCUT2D eigenvalue weighted by molar-refractivity contribution is -0.142. The lowest BCUT2D eigenvalue weighted by atomic mass is 10.0. The van der Waals surface area contributed by atoms with Crippen molar-refractivity contribution in [2.24, 2.45) is 5.92 Å². The van der Waals surface area contributed by atoms with Crippen LogP contribution in [0.2, 0.25) is 0 Å². The van der Waals surface area contributed by atoms with Crippen molar-refractivity contribution in [2.75, 3.05) is 6.54 Å². The molecule has 0 aromatic carbocycles. The van der Waals surface area contributed by atoms with E-state index in [0.29, 0.717) is 19.4 Å². The van der Waals surface area contributed by atoms with E-state index in [9.17, 15) is 14.4 Å². The Bertz CT molecular complexity index is 316. The summed E-state index contributed by atoms with van der Waals surface area (Å²) >= 11 is 0. The second-order valence-electron chi connectivity index (χ2n) is 4.89. The van der Waals surface area contributed by atoms with E-state index in [1.165, 1.54) is 0 Å². The van der Waals surface area contributed by atoms with Gasteiger partial charge in [-0.3, -0.25) is 9.59 Å². The predicted molar refractivity (Wildman–Crippen MR) is 71.6 cm³/mol. The van der Waals surface area contributed by atoms with Crippen molar-refractivity contribution in [3.8, 4) is 0 Å². The molecule has 0 aliphatic carbocycles. The summed E-state index contributed by atoms with van der Waals surface area (Å²) in [4.78, 5) is 33.7. The first-order valence-corrected chi connectivity index (χ1v) is 6.65. The standard InChI is InChI=1S/C13H24N2O4/c1-4-14-11(16)6-5-7-12(17)15-10(13(18)19)8-9(2)3/h9-10H,4-8H2,1-3H3,(H,14,16)(H,15,17)(H,18,19). The van der Waals surface area contributed by atoms with Gasteiger partial charge in [0.15, 0.2) is 0 Å². The monoisotopic (exact) mass is 272 g/mol. The summed E-state index contributed by atoms with van der Waals surface area (Å²) in [5, 5.41) is 14.1. The van der Waals surface area contributed by atoms with Crippen LogP contribution in [0.3, 0.4) is 0 Å². The zero-order valence-electron chi connectivity index (χ0n) is 11.9. The van der Waals surface area contributed by atoms with Gasteiger partial charge in [0.1, 0.15) is 6.04 Å². The largest absolute Gasteiger partial charge is 0.480 e. The van der Waals surface area contributed by atoms with Crippen LogP contribution in [0.15, 0.2) is 0 Å². The van der Waals surface area contributed by atoms with Gasteiger partial charge in [0.05, 0.1) is 0 Å². The van der Waals surface area contributed by atoms with Crippen molar-refractivity contribution >= 4 is 17.8 Å². The average Bonchev–Trinajstić information content (AvgIpc) is 2.27. The molecule has 1 unspecified atom stereocenters. The number of carbonyl (C=O) groups excluding carboxylic acids is 2. The van der Waals surface area contributed by atoms with E-state index < -0.39 is 12.0 Å². The third-order valence-electron chi connectivity index (χ3n) is 2.52. The Kier molecular flexibility index (Phi) is 8.57. The van der Waals surface area contributed by atoms with Gasteiger partial charge < -0.3 is 15.7 Å². The smallest absolute Gasteiger partial charge is 0.326 e. The molecular weight excluding hydrogens is 248 g/mol. The lowest BCUT2D eigenvalue weighted by Gasteiger charge is -2.16. The number of nitrogens with one attached hydrogen (secondary N) is 2. The van der Waals surface area contributed by atoms with Crippen molar-refractivity contribution in [1.82, 2.24) is 10.6 Å². The second-order valence-corrected chi connectivity index (χ2v) is 4.89. The van der Waals surface area contributed by atoms with Crippen LogP contribution < -0.4 is 10.6 Å². The van der Waals surface area contributed by atoms with E-state index >= 15 is 0 Å². The van der Waals surface area contributed by atoms with Crippen molar-refractivity contribution in [3.05, 3.63) is 0 Å². The van der Waals surface area contributed by atoms with Gasteiger partial charge in [-0.05, 0) is 25.7 Å². The van der Waals surface area contributed by atoms with Crippen LogP contribution in [0.5, 0.6) is 0 Å². The quantitative estimate of drug-likeness (QED) is 0.581. The SMILES string of the molecule is CCNC(=O)CCCC(=O)NC(CC(C)C)C(=O)O. The molecule has 0 saturated carbocycles. The molecule has 0 fully saturated rings. The Hall–Kier alpha value is -1.59. The number of hydrogen-bond acceptors (Lipinski definition) is 3. The molecule has 0 bridgehead atoms. The van der Waals surface area contributed by atoms with Crippen LogP contribution in [0.25, 0.3) is 0 Å². The molecule has 6 heteroatoms. The van der Waals surface area contributed by atoms with Gasteiger partial charge in [-0.1, -0.05) is 13.8 Å². The van der Waals surface area contributed by atoms with E-state index in [0.717, 1.165) is 0 Å². The Morgan fingerprint density at radius 2 is 1.68 bits per heavy atom. The molecule has 19 heavy (non-hydrogen) atoms. The van der Waals surface area contributed by atoms with Crippen LogP contribution in [0, 0.1) is 5.92 Å². The van der Waals surface area contributed by atoms with Gasteiger partial charge in [0.25, 0.3) is 0 Å². The Morgan fingerprint density at radius 1 is 1.11 bits per heavy atom. The molecule has 0 radical (unpaired) electrons. The van der Waals surface area contributed by atoms with Crippen LogP contribution in [-0.2, 0) is 14.4 Å². The highest BCUT2D eigenvalue weighted by Crippen LogP contribution is 2.06. The highest BCUT2D eigenvalue weighted by atomic mass is 16.4. The fraction of sp³-hybridized carbons (Fsp3) is 0.769. The maximum absolute atomic E-state index is 11.6. The summed E-state index contributed by atoms with van der Waals surface area (Å²) in [5.74, 6) is -1.24. The van der Waals surface area contributed by atoms with E-state index in [1.54, 1.807) is 0 Å². The fourth-order valence-electron chi connectivity index (χ4n) is 1.65. The Balaban J connectivity index is 4.00. The van der Waals surface area contributed by atoms with E-state index in [-0.39, 0.29) is 30.6 Å². The number of aliphatic carboxylic acids is 1. The van der Waals surface area contributed by atoms with Crippen molar-refractivity contribution in [1.29, 1.82) is 0 Å². The predicted octanol–water partition coefficient (Wildman–Crippen LogP) is 0.908. The summed E-state index contributed by atoms with van der Waals surface area (Å²) in [7, 11) is 0. The van der Waals surface area contributed by atoms with Crippen LogP contribution in [-0.4, -0.2) is 35.5 Å². The third kappa shape index (κ3) is 9.04. The molecular formula is C13H24N2O4. The maximum atomic E-state index is 11.6. The van der Waals surface area contributed by atoms with Crippen molar-refractivity contribution in [2.45, 2.75) is 52.5 Å². The molecule has 0 rings (SSSR count). The topological polar surface area (TPSA) is 95.5 Å². The second kappa shape index (κ2) is 9.35. The minimum absolute atomic E-state index is 0.0905. The van der Waals surface area contributed by atoms with E-state index in [2.05, 4.69) is 10.6 Å². The van der Waals surface area contributed by atoms with Gasteiger partial charge in [0.2, 0.25) is 11.8 Å². The first-order valence-electron chi connectivity index (χ1n) is 6.65. The normalized spacial score (nSPS) is 12.0. The number of carboxylic acid groups (broad SMARTS) is 1. The average molecular weight is 272 g/mol. The third-order valence-corrected chi connectivity index (χ3v) is 2.52. The van der Waals surface area contributed by atoms with Crippen molar-refractivity contribution in [3.63, 3.8) is 0 Å². The number of carboxylic acids is 1. The Labute approximate surface area is 113 Å². The molecule has 0 saturated heterocycles. The highest BCUT2D eigenvalue weighted by Gasteiger charge is 2.20. The van der Waals surface area contributed by atoms with Crippen LogP contribution >= 0.6 is 0 Å². The van der Waals surface area contributed by atoms with E-state index in [1.807, 2.05) is 20.8 Å². The first kappa shape index (κ1) is 17.4. The van der Waals surface area contributed by atoms with Crippen molar-refractivity contribution < 1.29 is 19.5 Å². The van der Waals surface area contributed by atoms with Gasteiger partial charge in [-0.25, -0.2) is 4.79 Å². The molecule has 3 N–H and O–H groups in total. The summed E-state index contributed by atoms with van der Waals surface area (Å²) in [6.45, 7) is 6.20. The summed E-state index contributed by atoms with van der Waals surface area (Å²) < 4.78 is 0. The number of carbonyl (C=O) groups is 3. The van der Waals surface area contributed by atoms with Gasteiger partial charge >= 0.3 is 5.97 Å². The Morgan fingerprint density at radius 3 is 2.16 bits per heavy atom. The minimum atomic E-state index is -1.02. The summed E-state index contributed by atoms with van der Waals surface area (Å²) in [5.41, 5.74) is 0. The summed E-state index contributed by atoms with van der Waals surface area (Å²) in [6.07, 6.45) is 1.27. The number of amides is 2. The molecule has 0 spiro atoms. The van der Waals surface area contributed by atoms with Gasteiger partial charge in [0, 0.05) is 19.4 Å². The zero-order chi connectivity index (χ0) is 14.8. The molecule has 110 valence electrons. The van der Waals surface area contributed by atoms with Gasteiger partial charge in [-0.2, -0.15) is 0 Å². The molecule has 0 aliphatic rings. The lowest BCUT2D eigenvalue weighted by Crippen LogP contribution is -2.41. The highest BCUT2D eigenvalue weighted by molar-refractivity contribution is 5.84. The summed E-state index contributed by atoms with van der Waals surface area (Å²) in [6, 6.07) is -0.850. The molecule has 1 atom stereocenters. The molecule has 2 amide bonds. The molecule has 0 aliphatic heterocycles. The molecule has 0 aromatic heterocycles. The molecule has 6 nitrogen and oxygen atoms in total. The van der Waals surface area contributed by atoms with Gasteiger partial charge in [-0.15, -0.1) is 0 Å². The zero-order valence-corrected chi connectivity index (χ0v) is 11.9. The number of hydrogen-bond donors (Lipinski definition) is 3. The van der Waals surface area contributed by atoms with E-state index in [4.69, 9.17) is 5.11 Å². The maximum Gasteiger partial charge on any atom is 0.326 e. The fourth-order valence-corrected chi connectivity index (χ4v) is 1.65. The van der Waals surface area contributed by atoms with Crippen LogP contribution in [0.1, 0.15) is 46.5 Å². The molecule has 0 aromatic rings. The molecule has 0 heterocycles. The minimum Gasteiger partial charge on any atom is -0.480 e.